The molecule has 0 fully saturated rings. The Balaban J connectivity index is 1.06. The van der Waals surface area contributed by atoms with E-state index in [1.807, 2.05) is 54.6 Å². The second-order valence-electron chi connectivity index (χ2n) is 9.72. The number of aromatic nitrogens is 2. The maximum atomic E-state index is 12.3. The van der Waals surface area contributed by atoms with Gasteiger partial charge in [-0.15, -0.1) is 0 Å². The number of hydrogen-bond acceptors (Lipinski definition) is 6. The Morgan fingerprint density at radius 2 is 1.73 bits per heavy atom. The molecule has 0 saturated heterocycles. The van der Waals surface area contributed by atoms with Crippen LogP contribution in [0.1, 0.15) is 28.8 Å². The van der Waals surface area contributed by atoms with Crippen molar-refractivity contribution in [2.75, 3.05) is 25.0 Å². The summed E-state index contributed by atoms with van der Waals surface area (Å²) in [5.41, 5.74) is 9.69. The van der Waals surface area contributed by atoms with E-state index in [9.17, 15) is 9.59 Å². The Morgan fingerprint density at radius 1 is 0.878 bits per heavy atom. The molecule has 0 radical (unpaired) electrons. The molecule has 0 aliphatic carbocycles. The predicted octanol–water partition coefficient (Wildman–Crippen LogP) is 5.30. The highest BCUT2D eigenvalue weighted by Gasteiger charge is 2.11. The van der Waals surface area contributed by atoms with Crippen LogP contribution in [-0.2, 0) is 11.3 Å². The van der Waals surface area contributed by atoms with Gasteiger partial charge in [-0.25, -0.2) is 4.98 Å². The van der Waals surface area contributed by atoms with Crippen LogP contribution in [-0.4, -0.2) is 41.4 Å². The summed E-state index contributed by atoms with van der Waals surface area (Å²) in [5.74, 6) is 0.150. The summed E-state index contributed by atoms with van der Waals surface area (Å²) in [5, 5.41) is 13.1. The fraction of sp³-hybridized carbons (Fsp3) is 0.188. The summed E-state index contributed by atoms with van der Waals surface area (Å²) in [6.07, 6.45) is 4.64. The van der Waals surface area contributed by atoms with E-state index in [1.54, 1.807) is 24.5 Å². The lowest BCUT2D eigenvalue weighted by atomic mass is 10.0. The highest BCUT2D eigenvalue weighted by molar-refractivity contribution is 6.33. The predicted molar refractivity (Wildman–Crippen MR) is 165 cm³/mol. The van der Waals surface area contributed by atoms with Gasteiger partial charge in [0.15, 0.2) is 0 Å². The van der Waals surface area contributed by atoms with E-state index in [1.165, 1.54) is 0 Å². The lowest BCUT2D eigenvalue weighted by Crippen LogP contribution is -2.29. The minimum absolute atomic E-state index is 0.00418. The van der Waals surface area contributed by atoms with Crippen molar-refractivity contribution in [3.05, 3.63) is 101 Å². The number of nitrogens with zero attached hydrogens (tertiary/aromatic N) is 2. The first-order valence-electron chi connectivity index (χ1n) is 13.5. The lowest BCUT2D eigenvalue weighted by Gasteiger charge is -2.12. The molecule has 5 N–H and O–H groups in total. The normalized spacial score (nSPS) is 11.0. The molecule has 0 unspecified atom stereocenters. The lowest BCUT2D eigenvalue weighted by molar-refractivity contribution is -0.121. The van der Waals surface area contributed by atoms with Crippen molar-refractivity contribution in [2.24, 2.45) is 5.73 Å². The number of fused-ring (bicyclic) bond motifs is 3. The Kier molecular flexibility index (Phi) is 9.03. The molecule has 3 aromatic carbocycles. The number of carbonyl (C=O) groups is 2. The number of carbonyl (C=O) groups excluding carboxylic acids is 2. The zero-order chi connectivity index (χ0) is 28.6. The third-order valence-electron chi connectivity index (χ3n) is 6.83. The number of pyridine rings is 2. The zero-order valence-electron chi connectivity index (χ0n) is 22.5. The summed E-state index contributed by atoms with van der Waals surface area (Å²) in [4.78, 5) is 32.9. The number of primary amides is 1. The van der Waals surface area contributed by atoms with Gasteiger partial charge < -0.3 is 21.7 Å². The van der Waals surface area contributed by atoms with Crippen LogP contribution in [0.5, 0.6) is 0 Å². The highest BCUT2D eigenvalue weighted by atomic mass is 35.5. The molecule has 5 aromatic rings. The summed E-state index contributed by atoms with van der Waals surface area (Å²) >= 11 is 6.51. The van der Waals surface area contributed by atoms with Gasteiger partial charge in [0.2, 0.25) is 11.8 Å². The van der Waals surface area contributed by atoms with Crippen molar-refractivity contribution in [3.63, 3.8) is 0 Å². The number of rotatable bonds is 12. The number of nitrogens with one attached hydrogen (secondary N) is 3. The highest BCUT2D eigenvalue weighted by Crippen LogP contribution is 2.30. The first-order valence-corrected chi connectivity index (χ1v) is 13.9. The minimum Gasteiger partial charge on any atom is -0.368 e. The van der Waals surface area contributed by atoms with Crippen LogP contribution in [0.2, 0.25) is 5.02 Å². The van der Waals surface area contributed by atoms with Crippen LogP contribution in [0.3, 0.4) is 0 Å². The molecular weight excluding hydrogens is 536 g/mol. The average Bonchev–Trinajstić information content (AvgIpc) is 2.99. The van der Waals surface area contributed by atoms with Crippen molar-refractivity contribution in [1.82, 2.24) is 20.6 Å². The molecule has 0 aliphatic rings. The molecule has 0 aliphatic heterocycles. The van der Waals surface area contributed by atoms with Gasteiger partial charge in [0.05, 0.1) is 5.52 Å². The number of anilines is 1. The molecule has 9 heteroatoms. The standard InChI is InChI=1S/C32H31ClN6O2/c33-28-17-21(8-10-24(28)22-5-2-1-3-6-22)19-35-13-4-7-30(40)37-15-16-38-32-26-12-14-36-20-27(26)25-11-9-23(31(34)41)18-29(25)39-32/h1-3,5-6,8-12,14,17-18,20,35H,4,7,13,15-16,19H2,(H2,34,41)(H,37,40)(H,38,39). The van der Waals surface area contributed by atoms with E-state index in [-0.39, 0.29) is 5.91 Å². The molecular formula is C32H31ClN6O2. The second-order valence-corrected chi connectivity index (χ2v) is 10.1. The van der Waals surface area contributed by atoms with E-state index in [0.29, 0.717) is 43.0 Å². The second kappa shape index (κ2) is 13.2. The maximum Gasteiger partial charge on any atom is 0.248 e. The van der Waals surface area contributed by atoms with E-state index in [0.717, 1.165) is 50.8 Å². The van der Waals surface area contributed by atoms with E-state index in [4.69, 9.17) is 22.3 Å². The molecule has 41 heavy (non-hydrogen) atoms. The van der Waals surface area contributed by atoms with Gasteiger partial charge in [-0.05, 0) is 48.4 Å². The molecule has 5 rings (SSSR count). The first-order chi connectivity index (χ1) is 20.0. The summed E-state index contributed by atoms with van der Waals surface area (Å²) in [6.45, 7) is 2.35. The number of halogens is 1. The number of nitrogens with two attached hydrogens (primary N) is 1. The van der Waals surface area contributed by atoms with Crippen molar-refractivity contribution >= 4 is 50.9 Å². The van der Waals surface area contributed by atoms with Crippen LogP contribution in [0.15, 0.2) is 85.2 Å². The third kappa shape index (κ3) is 6.98. The summed E-state index contributed by atoms with van der Waals surface area (Å²) < 4.78 is 0. The molecule has 0 saturated carbocycles. The van der Waals surface area contributed by atoms with Crippen molar-refractivity contribution < 1.29 is 9.59 Å². The average molecular weight is 567 g/mol. The summed E-state index contributed by atoms with van der Waals surface area (Å²) in [6, 6.07) is 23.3. The van der Waals surface area contributed by atoms with Crippen LogP contribution in [0.4, 0.5) is 5.82 Å². The Morgan fingerprint density at radius 3 is 2.54 bits per heavy atom. The first kappa shape index (κ1) is 28.0. The SMILES string of the molecule is NC(=O)c1ccc2c(c1)nc(NCCNC(=O)CCCNCc1ccc(-c3ccccc3)c(Cl)c1)c1ccncc12. The van der Waals surface area contributed by atoms with Crippen LogP contribution in [0, 0.1) is 0 Å². The van der Waals surface area contributed by atoms with Gasteiger partial charge >= 0.3 is 0 Å². The third-order valence-corrected chi connectivity index (χ3v) is 7.14. The minimum atomic E-state index is -0.505. The summed E-state index contributed by atoms with van der Waals surface area (Å²) in [7, 11) is 0. The molecule has 2 heterocycles. The van der Waals surface area contributed by atoms with Crippen LogP contribution in [0.25, 0.3) is 32.8 Å². The number of benzene rings is 3. The maximum absolute atomic E-state index is 12.3. The Hall–Kier alpha value is -4.53. The molecule has 0 atom stereocenters. The molecule has 0 bridgehead atoms. The fourth-order valence-corrected chi connectivity index (χ4v) is 5.05. The van der Waals surface area contributed by atoms with Crippen molar-refractivity contribution in [1.29, 1.82) is 0 Å². The fourth-order valence-electron chi connectivity index (χ4n) is 4.73. The molecule has 208 valence electrons. The van der Waals surface area contributed by atoms with Gasteiger partial charge in [-0.1, -0.05) is 60.1 Å². The van der Waals surface area contributed by atoms with Crippen LogP contribution < -0.4 is 21.7 Å². The zero-order valence-corrected chi connectivity index (χ0v) is 23.2. The molecule has 2 aromatic heterocycles. The van der Waals surface area contributed by atoms with Gasteiger partial charge in [0, 0.05) is 70.8 Å². The van der Waals surface area contributed by atoms with Crippen molar-refractivity contribution in [3.8, 4) is 11.1 Å². The van der Waals surface area contributed by atoms with Gasteiger partial charge in [-0.3, -0.25) is 14.6 Å². The Labute approximate surface area is 243 Å². The van der Waals surface area contributed by atoms with Gasteiger partial charge in [0.1, 0.15) is 5.82 Å². The molecule has 0 spiro atoms. The smallest absolute Gasteiger partial charge is 0.248 e. The molecule has 2 amide bonds. The topological polar surface area (TPSA) is 122 Å². The Bertz CT molecular complexity index is 1690. The largest absolute Gasteiger partial charge is 0.368 e. The monoisotopic (exact) mass is 566 g/mol. The van der Waals surface area contributed by atoms with Crippen molar-refractivity contribution in [2.45, 2.75) is 19.4 Å². The van der Waals surface area contributed by atoms with Crippen LogP contribution >= 0.6 is 11.6 Å². The number of hydrogen-bond donors (Lipinski definition) is 4. The van der Waals surface area contributed by atoms with E-state index >= 15 is 0 Å². The van der Waals surface area contributed by atoms with E-state index in [2.05, 4.69) is 27.0 Å². The number of amides is 2. The van der Waals surface area contributed by atoms with Gasteiger partial charge in [0.25, 0.3) is 0 Å². The quantitative estimate of drug-likeness (QED) is 0.120. The van der Waals surface area contributed by atoms with E-state index < -0.39 is 5.91 Å². The molecule has 8 nitrogen and oxygen atoms in total. The van der Waals surface area contributed by atoms with Gasteiger partial charge in [-0.2, -0.15) is 0 Å².